The molecular formula is C30H27N3O5S2. The van der Waals surface area contributed by atoms with Crippen LogP contribution in [0.15, 0.2) is 99.9 Å². The Bertz CT molecular complexity index is 1890. The van der Waals surface area contributed by atoms with E-state index in [1.807, 2.05) is 64.5 Å². The van der Waals surface area contributed by atoms with Gasteiger partial charge in [0.15, 0.2) is 4.96 Å². The Kier molecular flexibility index (Phi) is 7.05. The smallest absolute Gasteiger partial charge is 0.243 e. The molecule has 0 N–H and O–H groups in total. The lowest BCUT2D eigenvalue weighted by Gasteiger charge is -2.21. The summed E-state index contributed by atoms with van der Waals surface area (Å²) in [4.78, 5) is 5.86. The number of thiazole rings is 1. The first kappa shape index (κ1) is 26.1. The van der Waals surface area contributed by atoms with Crippen molar-refractivity contribution in [1.29, 1.82) is 0 Å². The van der Waals surface area contributed by atoms with E-state index in [1.54, 1.807) is 44.7 Å². The predicted octanol–water partition coefficient (Wildman–Crippen LogP) is 6.26. The summed E-state index contributed by atoms with van der Waals surface area (Å²) in [6, 6.07) is 22.1. The number of rotatable bonds is 10. The Balaban J connectivity index is 1.31. The molecular weight excluding hydrogens is 546 g/mol. The summed E-state index contributed by atoms with van der Waals surface area (Å²) in [5.41, 5.74) is 2.53. The molecule has 6 aromatic rings. The third-order valence-corrected chi connectivity index (χ3v) is 9.58. The van der Waals surface area contributed by atoms with Crippen molar-refractivity contribution in [1.82, 2.24) is 13.7 Å². The zero-order valence-electron chi connectivity index (χ0n) is 22.0. The Morgan fingerprint density at radius 2 is 1.82 bits per heavy atom. The minimum Gasteiger partial charge on any atom is -0.497 e. The van der Waals surface area contributed by atoms with Crippen LogP contribution >= 0.6 is 11.3 Å². The third-order valence-electron chi connectivity index (χ3n) is 6.85. The normalized spacial score (nSPS) is 12.0. The Morgan fingerprint density at radius 1 is 0.975 bits per heavy atom. The number of imidazole rings is 1. The average Bonchev–Trinajstić information content (AvgIpc) is 3.73. The minimum absolute atomic E-state index is 0.131. The fraction of sp³-hybridized carbons (Fsp3) is 0.167. The number of furan rings is 1. The minimum atomic E-state index is -3.81. The summed E-state index contributed by atoms with van der Waals surface area (Å²) in [6.07, 6.45) is 3.99. The molecule has 6 rings (SSSR count). The molecule has 3 aromatic carbocycles. The van der Waals surface area contributed by atoms with Crippen LogP contribution in [0.2, 0.25) is 0 Å². The van der Waals surface area contributed by atoms with E-state index in [9.17, 15) is 8.42 Å². The van der Waals surface area contributed by atoms with Crippen molar-refractivity contribution >= 4 is 37.1 Å². The zero-order valence-corrected chi connectivity index (χ0v) is 23.6. The molecule has 0 aliphatic heterocycles. The van der Waals surface area contributed by atoms with Gasteiger partial charge in [0.2, 0.25) is 10.0 Å². The summed E-state index contributed by atoms with van der Waals surface area (Å²) in [6.45, 7) is 0.392. The van der Waals surface area contributed by atoms with Gasteiger partial charge < -0.3 is 13.9 Å². The molecule has 0 atom stereocenters. The fourth-order valence-corrected chi connectivity index (χ4v) is 7.08. The molecule has 0 saturated carbocycles. The molecule has 3 aromatic heterocycles. The third kappa shape index (κ3) is 4.97. The molecule has 0 amide bonds. The number of hydrogen-bond donors (Lipinski definition) is 0. The maximum Gasteiger partial charge on any atom is 0.243 e. The molecule has 0 saturated heterocycles. The lowest BCUT2D eigenvalue weighted by Crippen LogP contribution is -2.32. The van der Waals surface area contributed by atoms with Crippen LogP contribution in [0.3, 0.4) is 0 Å². The van der Waals surface area contributed by atoms with Crippen LogP contribution in [0, 0.1) is 0 Å². The summed E-state index contributed by atoms with van der Waals surface area (Å²) in [5, 5.41) is 3.88. The molecule has 0 aliphatic carbocycles. The summed E-state index contributed by atoms with van der Waals surface area (Å²) in [7, 11) is -0.563. The van der Waals surface area contributed by atoms with Crippen LogP contribution in [-0.2, 0) is 23.0 Å². The Hall–Kier alpha value is -4.12. The van der Waals surface area contributed by atoms with Crippen LogP contribution in [-0.4, -0.2) is 42.9 Å². The highest BCUT2D eigenvalue weighted by atomic mass is 32.2. The number of nitrogens with zero attached hydrogens (tertiary/aromatic N) is 3. The Labute approximate surface area is 236 Å². The molecule has 8 nitrogen and oxygen atoms in total. The molecule has 204 valence electrons. The Morgan fingerprint density at radius 3 is 2.60 bits per heavy atom. The molecule has 0 spiro atoms. The van der Waals surface area contributed by atoms with Gasteiger partial charge in [0.1, 0.15) is 17.3 Å². The maximum absolute atomic E-state index is 13.9. The first-order valence-corrected chi connectivity index (χ1v) is 15.0. The van der Waals surface area contributed by atoms with Gasteiger partial charge in [0.25, 0.3) is 0 Å². The number of sulfonamides is 1. The SMILES string of the molecule is COc1ccc(OC)c(-c2cn3c(CCN(Cc4ccco4)S(=O)(=O)c4ccc5ccccc5c4)csc3n2)c1. The molecule has 0 bridgehead atoms. The van der Waals surface area contributed by atoms with Crippen molar-refractivity contribution in [3.05, 3.63) is 102 Å². The molecule has 10 heteroatoms. The number of fused-ring (bicyclic) bond motifs is 2. The standard InChI is InChI=1S/C30H27N3O5S2/c1-36-24-10-12-29(37-2)27(17-24)28-19-33-23(20-39-30(33)31-28)13-14-32(18-25-8-5-15-38-25)40(34,35)26-11-9-21-6-3-4-7-22(21)16-26/h3-12,15-17,19-20H,13-14,18H2,1-2H3. The van der Waals surface area contributed by atoms with Crippen LogP contribution in [0.4, 0.5) is 0 Å². The van der Waals surface area contributed by atoms with E-state index >= 15 is 0 Å². The van der Waals surface area contributed by atoms with E-state index in [4.69, 9.17) is 18.9 Å². The zero-order chi connectivity index (χ0) is 27.7. The highest BCUT2D eigenvalue weighted by Gasteiger charge is 2.26. The first-order chi connectivity index (χ1) is 19.5. The predicted molar refractivity (Wildman–Crippen MR) is 156 cm³/mol. The van der Waals surface area contributed by atoms with Gasteiger partial charge in [0, 0.05) is 35.8 Å². The highest BCUT2D eigenvalue weighted by molar-refractivity contribution is 7.89. The van der Waals surface area contributed by atoms with Crippen molar-refractivity contribution in [3.63, 3.8) is 0 Å². The highest BCUT2D eigenvalue weighted by Crippen LogP contribution is 2.34. The molecule has 40 heavy (non-hydrogen) atoms. The number of ether oxygens (including phenoxy) is 2. The first-order valence-electron chi connectivity index (χ1n) is 12.7. The quantitative estimate of drug-likeness (QED) is 0.192. The topological polar surface area (TPSA) is 86.3 Å². The van der Waals surface area contributed by atoms with Crippen LogP contribution in [0.5, 0.6) is 11.5 Å². The second-order valence-electron chi connectivity index (χ2n) is 9.25. The number of benzene rings is 3. The van der Waals surface area contributed by atoms with Gasteiger partial charge in [-0.2, -0.15) is 4.31 Å². The van der Waals surface area contributed by atoms with E-state index < -0.39 is 10.0 Å². The molecule has 0 unspecified atom stereocenters. The van der Waals surface area contributed by atoms with E-state index in [0.717, 1.165) is 32.7 Å². The maximum atomic E-state index is 13.9. The fourth-order valence-electron chi connectivity index (χ4n) is 4.73. The van der Waals surface area contributed by atoms with E-state index in [1.165, 1.54) is 15.6 Å². The van der Waals surface area contributed by atoms with Gasteiger partial charge >= 0.3 is 0 Å². The monoisotopic (exact) mass is 573 g/mol. The summed E-state index contributed by atoms with van der Waals surface area (Å²) >= 11 is 1.51. The van der Waals surface area contributed by atoms with Crippen LogP contribution < -0.4 is 9.47 Å². The second-order valence-corrected chi connectivity index (χ2v) is 12.0. The van der Waals surface area contributed by atoms with Gasteiger partial charge in [-0.25, -0.2) is 13.4 Å². The number of hydrogen-bond acceptors (Lipinski definition) is 7. The van der Waals surface area contributed by atoms with Crippen molar-refractivity contribution < 1.29 is 22.3 Å². The molecule has 3 heterocycles. The largest absolute Gasteiger partial charge is 0.497 e. The molecule has 0 radical (unpaired) electrons. The van der Waals surface area contributed by atoms with Gasteiger partial charge in [-0.3, -0.25) is 4.40 Å². The van der Waals surface area contributed by atoms with Gasteiger partial charge in [0.05, 0.1) is 37.6 Å². The van der Waals surface area contributed by atoms with E-state index in [0.29, 0.717) is 23.7 Å². The van der Waals surface area contributed by atoms with Gasteiger partial charge in [-0.15, -0.1) is 11.3 Å². The number of methoxy groups -OCH3 is 2. The second kappa shape index (κ2) is 10.8. The summed E-state index contributed by atoms with van der Waals surface area (Å²) < 4.78 is 47.7. The average molecular weight is 574 g/mol. The lowest BCUT2D eigenvalue weighted by atomic mass is 10.1. The van der Waals surface area contributed by atoms with Crippen molar-refractivity contribution in [3.8, 4) is 22.8 Å². The number of aromatic nitrogens is 2. The van der Waals surface area contributed by atoms with Crippen molar-refractivity contribution in [2.45, 2.75) is 17.9 Å². The summed E-state index contributed by atoms with van der Waals surface area (Å²) in [5.74, 6) is 1.98. The van der Waals surface area contributed by atoms with Gasteiger partial charge in [-0.1, -0.05) is 30.3 Å². The molecule has 0 aliphatic rings. The van der Waals surface area contributed by atoms with Crippen molar-refractivity contribution in [2.24, 2.45) is 0 Å². The van der Waals surface area contributed by atoms with E-state index in [-0.39, 0.29) is 18.0 Å². The van der Waals surface area contributed by atoms with Crippen molar-refractivity contribution in [2.75, 3.05) is 20.8 Å². The lowest BCUT2D eigenvalue weighted by molar-refractivity contribution is 0.365. The van der Waals surface area contributed by atoms with Crippen LogP contribution in [0.1, 0.15) is 11.5 Å². The van der Waals surface area contributed by atoms with Crippen LogP contribution in [0.25, 0.3) is 27.0 Å². The van der Waals surface area contributed by atoms with E-state index in [2.05, 4.69) is 0 Å². The van der Waals surface area contributed by atoms with Gasteiger partial charge in [-0.05, 0) is 53.2 Å². The molecule has 0 fully saturated rings.